The molecular formula is C21H26FN3O3. The van der Waals surface area contributed by atoms with Crippen molar-refractivity contribution in [2.75, 3.05) is 44.8 Å². The van der Waals surface area contributed by atoms with Gasteiger partial charge in [-0.05, 0) is 30.3 Å². The molecule has 1 heterocycles. The number of piperazine rings is 1. The quantitative estimate of drug-likeness (QED) is 0.790. The number of nitrogens with zero attached hydrogens (tertiary/aromatic N) is 2. The number of halogens is 1. The first-order valence-corrected chi connectivity index (χ1v) is 9.38. The third-order valence-electron chi connectivity index (χ3n) is 5.09. The molecule has 6 nitrogen and oxygen atoms in total. The van der Waals surface area contributed by atoms with E-state index in [4.69, 9.17) is 15.2 Å². The van der Waals surface area contributed by atoms with Crippen LogP contribution in [0.15, 0.2) is 48.5 Å². The number of hydrogen-bond acceptors (Lipinski definition) is 5. The lowest BCUT2D eigenvalue weighted by Gasteiger charge is -2.40. The van der Waals surface area contributed by atoms with Gasteiger partial charge in [-0.25, -0.2) is 9.18 Å². The van der Waals surface area contributed by atoms with Crippen LogP contribution in [0.3, 0.4) is 0 Å². The molecule has 0 spiro atoms. The normalized spacial score (nSPS) is 15.9. The Morgan fingerprint density at radius 3 is 2.39 bits per heavy atom. The highest BCUT2D eigenvalue weighted by molar-refractivity contribution is 5.64. The van der Waals surface area contributed by atoms with E-state index in [-0.39, 0.29) is 18.5 Å². The number of carbonyl (C=O) groups excluding carboxylic acids is 1. The van der Waals surface area contributed by atoms with Crippen LogP contribution in [0.1, 0.15) is 18.0 Å². The van der Waals surface area contributed by atoms with E-state index in [0.29, 0.717) is 12.0 Å². The fourth-order valence-corrected chi connectivity index (χ4v) is 3.64. The number of anilines is 1. The van der Waals surface area contributed by atoms with Gasteiger partial charge in [0.1, 0.15) is 11.6 Å². The highest BCUT2D eigenvalue weighted by atomic mass is 19.1. The topological polar surface area (TPSA) is 68.0 Å². The van der Waals surface area contributed by atoms with Gasteiger partial charge in [0, 0.05) is 49.9 Å². The number of nitrogens with two attached hydrogens (primary N) is 1. The van der Waals surface area contributed by atoms with E-state index in [9.17, 15) is 9.18 Å². The maximum absolute atomic E-state index is 14.4. The molecule has 1 atom stereocenters. The molecule has 2 aromatic carbocycles. The minimum absolute atomic E-state index is 0.160. The molecule has 0 bridgehead atoms. The van der Waals surface area contributed by atoms with Crippen molar-refractivity contribution in [1.29, 1.82) is 0 Å². The molecule has 1 unspecified atom stereocenters. The summed E-state index contributed by atoms with van der Waals surface area (Å²) < 4.78 is 24.5. The predicted molar refractivity (Wildman–Crippen MR) is 106 cm³/mol. The molecule has 0 saturated carbocycles. The molecule has 1 saturated heterocycles. The van der Waals surface area contributed by atoms with Crippen molar-refractivity contribution in [3.63, 3.8) is 0 Å². The second-order valence-corrected chi connectivity index (χ2v) is 6.71. The van der Waals surface area contributed by atoms with Crippen molar-refractivity contribution in [3.8, 4) is 5.75 Å². The van der Waals surface area contributed by atoms with Gasteiger partial charge in [0.15, 0.2) is 0 Å². The molecule has 2 N–H and O–H groups in total. The van der Waals surface area contributed by atoms with Crippen LogP contribution < -0.4 is 15.4 Å². The summed E-state index contributed by atoms with van der Waals surface area (Å²) in [5.41, 5.74) is 6.82. The Morgan fingerprint density at radius 1 is 1.11 bits per heavy atom. The lowest BCUT2D eigenvalue weighted by atomic mass is 10.0. The number of hydrogen-bond donors (Lipinski definition) is 1. The van der Waals surface area contributed by atoms with E-state index in [1.807, 2.05) is 30.3 Å². The van der Waals surface area contributed by atoms with Crippen LogP contribution in [-0.4, -0.2) is 50.9 Å². The monoisotopic (exact) mass is 387 g/mol. The molecule has 3 rings (SSSR count). The van der Waals surface area contributed by atoms with Crippen molar-refractivity contribution in [2.24, 2.45) is 5.73 Å². The van der Waals surface area contributed by atoms with Crippen LogP contribution in [-0.2, 0) is 4.74 Å². The largest absolute Gasteiger partial charge is 0.497 e. The van der Waals surface area contributed by atoms with Crippen LogP contribution in [0, 0.1) is 5.82 Å². The van der Waals surface area contributed by atoms with Gasteiger partial charge in [-0.3, -0.25) is 4.90 Å². The fourth-order valence-electron chi connectivity index (χ4n) is 3.64. The van der Waals surface area contributed by atoms with Gasteiger partial charge in [0.2, 0.25) is 0 Å². The number of primary amides is 1. The van der Waals surface area contributed by atoms with Gasteiger partial charge in [0.25, 0.3) is 0 Å². The average Bonchev–Trinajstić information content (AvgIpc) is 2.72. The molecule has 150 valence electrons. The summed E-state index contributed by atoms with van der Waals surface area (Å²) in [7, 11) is 1.65. The summed E-state index contributed by atoms with van der Waals surface area (Å²) in [6, 6.07) is 14.6. The summed E-state index contributed by atoms with van der Waals surface area (Å²) in [6.07, 6.45) is -0.316. The van der Waals surface area contributed by atoms with Crippen LogP contribution in [0.4, 0.5) is 14.9 Å². The van der Waals surface area contributed by atoms with E-state index in [2.05, 4.69) is 9.80 Å². The molecule has 1 amide bonds. The standard InChI is InChI=1S/C21H26FN3O3/c1-27-17-8-6-16(7-9-17)24-11-13-25(14-12-24)20(10-15-28-21(23)26)18-4-2-3-5-19(18)22/h2-9,20H,10-15H2,1H3,(H2,23,26). The van der Waals surface area contributed by atoms with Crippen molar-refractivity contribution in [1.82, 2.24) is 4.90 Å². The smallest absolute Gasteiger partial charge is 0.404 e. The first-order chi connectivity index (χ1) is 13.6. The highest BCUT2D eigenvalue weighted by Crippen LogP contribution is 2.29. The summed E-state index contributed by atoms with van der Waals surface area (Å²) in [5.74, 6) is 0.584. The lowest BCUT2D eigenvalue weighted by molar-refractivity contribution is 0.121. The number of rotatable bonds is 7. The SMILES string of the molecule is COc1ccc(N2CCN(C(CCOC(N)=O)c3ccccc3F)CC2)cc1. The van der Waals surface area contributed by atoms with E-state index in [1.54, 1.807) is 19.2 Å². The third-order valence-corrected chi connectivity index (χ3v) is 5.09. The molecule has 0 aromatic heterocycles. The highest BCUT2D eigenvalue weighted by Gasteiger charge is 2.27. The first-order valence-electron chi connectivity index (χ1n) is 9.38. The van der Waals surface area contributed by atoms with Gasteiger partial charge in [-0.1, -0.05) is 18.2 Å². The average molecular weight is 387 g/mol. The van der Waals surface area contributed by atoms with Gasteiger partial charge in [-0.15, -0.1) is 0 Å². The van der Waals surface area contributed by atoms with E-state index in [0.717, 1.165) is 37.6 Å². The van der Waals surface area contributed by atoms with E-state index < -0.39 is 6.09 Å². The minimum Gasteiger partial charge on any atom is -0.497 e. The molecule has 1 aliphatic rings. The lowest BCUT2D eigenvalue weighted by Crippen LogP contribution is -2.48. The maximum atomic E-state index is 14.4. The summed E-state index contributed by atoms with van der Waals surface area (Å²) in [6.45, 7) is 3.37. The number of benzene rings is 2. The number of ether oxygens (including phenoxy) is 2. The zero-order chi connectivity index (χ0) is 19.9. The third kappa shape index (κ3) is 4.92. The Hall–Kier alpha value is -2.80. The van der Waals surface area contributed by atoms with Crippen molar-refractivity contribution >= 4 is 11.8 Å². The fraction of sp³-hybridized carbons (Fsp3) is 0.381. The van der Waals surface area contributed by atoms with Crippen LogP contribution in [0.25, 0.3) is 0 Å². The molecule has 28 heavy (non-hydrogen) atoms. The molecule has 1 fully saturated rings. The van der Waals surface area contributed by atoms with Gasteiger partial charge in [0.05, 0.1) is 13.7 Å². The zero-order valence-electron chi connectivity index (χ0n) is 16.0. The Bertz CT molecular complexity index is 777. The number of carbonyl (C=O) groups is 1. The van der Waals surface area contributed by atoms with E-state index >= 15 is 0 Å². The first kappa shape index (κ1) is 19.9. The maximum Gasteiger partial charge on any atom is 0.404 e. The summed E-state index contributed by atoms with van der Waals surface area (Å²) >= 11 is 0. The van der Waals surface area contributed by atoms with Gasteiger partial charge >= 0.3 is 6.09 Å². The Balaban J connectivity index is 1.67. The van der Waals surface area contributed by atoms with Crippen LogP contribution in [0.5, 0.6) is 5.75 Å². The van der Waals surface area contributed by atoms with Crippen LogP contribution >= 0.6 is 0 Å². The second kappa shape index (κ2) is 9.41. The molecule has 0 aliphatic carbocycles. The molecule has 1 aliphatic heterocycles. The second-order valence-electron chi connectivity index (χ2n) is 6.71. The van der Waals surface area contributed by atoms with Gasteiger partial charge in [-0.2, -0.15) is 0 Å². The molecular weight excluding hydrogens is 361 g/mol. The van der Waals surface area contributed by atoms with Crippen molar-refractivity contribution in [2.45, 2.75) is 12.5 Å². The van der Waals surface area contributed by atoms with E-state index in [1.165, 1.54) is 6.07 Å². The Labute approximate surface area is 164 Å². The van der Waals surface area contributed by atoms with Gasteiger partial charge < -0.3 is 20.1 Å². The van der Waals surface area contributed by atoms with Crippen molar-refractivity contribution in [3.05, 3.63) is 59.9 Å². The molecule has 2 aromatic rings. The predicted octanol–water partition coefficient (Wildman–Crippen LogP) is 3.18. The minimum atomic E-state index is -0.809. The number of amides is 1. The Kier molecular flexibility index (Phi) is 6.71. The van der Waals surface area contributed by atoms with Crippen LogP contribution in [0.2, 0.25) is 0 Å². The zero-order valence-corrected chi connectivity index (χ0v) is 16.0. The molecule has 7 heteroatoms. The Morgan fingerprint density at radius 2 is 1.79 bits per heavy atom. The molecule has 0 radical (unpaired) electrons. The summed E-state index contributed by atoms with van der Waals surface area (Å²) in [4.78, 5) is 15.4. The van der Waals surface area contributed by atoms with Crippen molar-refractivity contribution < 1.29 is 18.7 Å². The summed E-state index contributed by atoms with van der Waals surface area (Å²) in [5, 5.41) is 0. The number of methoxy groups -OCH3 is 1.